The van der Waals surface area contributed by atoms with Crippen molar-refractivity contribution in [2.45, 2.75) is 52.6 Å². The summed E-state index contributed by atoms with van der Waals surface area (Å²) in [6.07, 6.45) is 3.79. The van der Waals surface area contributed by atoms with E-state index in [-0.39, 0.29) is 0 Å². The van der Waals surface area contributed by atoms with E-state index < -0.39 is 0 Å². The number of benzene rings is 1. The molecule has 0 saturated carbocycles. The number of rotatable bonds is 7. The van der Waals surface area contributed by atoms with Crippen LogP contribution in [-0.2, 0) is 6.54 Å². The van der Waals surface area contributed by atoms with Crippen molar-refractivity contribution in [3.05, 3.63) is 28.8 Å². The molecule has 0 amide bonds. The van der Waals surface area contributed by atoms with Crippen LogP contribution in [0.3, 0.4) is 0 Å². The molecule has 0 atom stereocenters. The van der Waals surface area contributed by atoms with Crippen LogP contribution < -0.4 is 5.73 Å². The molecule has 0 aliphatic heterocycles. The Morgan fingerprint density at radius 1 is 1.28 bits per heavy atom. The van der Waals surface area contributed by atoms with Gasteiger partial charge in [0.15, 0.2) is 0 Å². The lowest BCUT2D eigenvalue weighted by molar-refractivity contribution is 0.209. The van der Waals surface area contributed by atoms with Crippen molar-refractivity contribution in [2.24, 2.45) is 0 Å². The molecule has 1 rings (SSSR count). The zero-order valence-electron chi connectivity index (χ0n) is 11.7. The standard InChI is InChI=1S/C15H25ClN2/c1-4-5-6-9-18(12(2)3)11-13-10-14(16)7-8-15(13)17/h7-8,10,12H,4-6,9,11,17H2,1-3H3. The van der Waals surface area contributed by atoms with Crippen LogP contribution in [-0.4, -0.2) is 17.5 Å². The second kappa shape index (κ2) is 7.65. The Bertz CT molecular complexity index is 364. The lowest BCUT2D eigenvalue weighted by Crippen LogP contribution is -2.31. The number of nitrogens with zero attached hydrogens (tertiary/aromatic N) is 1. The predicted molar refractivity (Wildman–Crippen MR) is 80.9 cm³/mol. The van der Waals surface area contributed by atoms with Gasteiger partial charge in [0.1, 0.15) is 0 Å². The highest BCUT2D eigenvalue weighted by Crippen LogP contribution is 2.20. The SMILES string of the molecule is CCCCCN(Cc1cc(Cl)ccc1N)C(C)C. The van der Waals surface area contributed by atoms with Gasteiger partial charge in [-0.1, -0.05) is 31.4 Å². The second-order valence-electron chi connectivity index (χ2n) is 5.11. The number of hydrogen-bond acceptors (Lipinski definition) is 2. The Morgan fingerprint density at radius 3 is 2.61 bits per heavy atom. The summed E-state index contributed by atoms with van der Waals surface area (Å²) in [6.45, 7) is 8.69. The summed E-state index contributed by atoms with van der Waals surface area (Å²) in [7, 11) is 0. The van der Waals surface area contributed by atoms with Gasteiger partial charge >= 0.3 is 0 Å². The maximum atomic E-state index is 6.03. The van der Waals surface area contributed by atoms with Crippen LogP contribution >= 0.6 is 11.6 Å². The number of anilines is 1. The highest BCUT2D eigenvalue weighted by molar-refractivity contribution is 6.30. The van der Waals surface area contributed by atoms with Crippen LogP contribution in [0.25, 0.3) is 0 Å². The summed E-state index contributed by atoms with van der Waals surface area (Å²) in [5, 5.41) is 0.761. The number of hydrogen-bond donors (Lipinski definition) is 1. The predicted octanol–water partition coefficient (Wildman–Crippen LogP) is 4.32. The van der Waals surface area contributed by atoms with Gasteiger partial charge in [-0.05, 0) is 50.6 Å². The maximum Gasteiger partial charge on any atom is 0.0410 e. The van der Waals surface area contributed by atoms with Crippen molar-refractivity contribution in [1.29, 1.82) is 0 Å². The lowest BCUT2D eigenvalue weighted by Gasteiger charge is -2.27. The highest BCUT2D eigenvalue weighted by atomic mass is 35.5. The fourth-order valence-electron chi connectivity index (χ4n) is 2.01. The first-order chi connectivity index (χ1) is 8.54. The van der Waals surface area contributed by atoms with Crippen molar-refractivity contribution in [3.8, 4) is 0 Å². The van der Waals surface area contributed by atoms with Crippen LogP contribution in [0, 0.1) is 0 Å². The Labute approximate surface area is 116 Å². The summed E-state index contributed by atoms with van der Waals surface area (Å²) in [6, 6.07) is 6.24. The van der Waals surface area contributed by atoms with Crippen molar-refractivity contribution < 1.29 is 0 Å². The molecule has 0 aliphatic carbocycles. The van der Waals surface area contributed by atoms with Gasteiger partial charge in [0, 0.05) is 23.3 Å². The van der Waals surface area contributed by atoms with E-state index in [1.165, 1.54) is 19.3 Å². The zero-order valence-corrected chi connectivity index (χ0v) is 12.5. The van der Waals surface area contributed by atoms with E-state index in [1.807, 2.05) is 18.2 Å². The molecule has 102 valence electrons. The first kappa shape index (κ1) is 15.3. The molecule has 0 aromatic heterocycles. The number of halogens is 1. The quantitative estimate of drug-likeness (QED) is 0.589. The van der Waals surface area contributed by atoms with E-state index in [0.29, 0.717) is 6.04 Å². The first-order valence-electron chi connectivity index (χ1n) is 6.82. The average Bonchev–Trinajstić information content (AvgIpc) is 2.32. The van der Waals surface area contributed by atoms with Gasteiger partial charge in [0.2, 0.25) is 0 Å². The normalized spacial score (nSPS) is 11.4. The molecule has 0 radical (unpaired) electrons. The summed E-state index contributed by atoms with van der Waals surface area (Å²) in [5.74, 6) is 0. The topological polar surface area (TPSA) is 29.3 Å². The van der Waals surface area contributed by atoms with Crippen molar-refractivity contribution in [2.75, 3.05) is 12.3 Å². The third kappa shape index (κ3) is 4.87. The van der Waals surface area contributed by atoms with Gasteiger partial charge < -0.3 is 5.73 Å². The van der Waals surface area contributed by atoms with E-state index in [1.54, 1.807) is 0 Å². The average molecular weight is 269 g/mol. The minimum Gasteiger partial charge on any atom is -0.398 e. The van der Waals surface area contributed by atoms with Crippen LogP contribution in [0.4, 0.5) is 5.69 Å². The van der Waals surface area contributed by atoms with Gasteiger partial charge in [-0.15, -0.1) is 0 Å². The molecular weight excluding hydrogens is 244 g/mol. The lowest BCUT2D eigenvalue weighted by atomic mass is 10.1. The Balaban J connectivity index is 2.67. The van der Waals surface area contributed by atoms with E-state index in [0.717, 1.165) is 29.4 Å². The summed E-state index contributed by atoms with van der Waals surface area (Å²) in [5.41, 5.74) is 7.97. The third-order valence-electron chi connectivity index (χ3n) is 3.26. The number of nitrogen functional groups attached to an aromatic ring is 1. The number of unbranched alkanes of at least 4 members (excludes halogenated alkanes) is 2. The number of nitrogens with two attached hydrogens (primary N) is 1. The Hall–Kier alpha value is -0.730. The molecule has 1 aromatic rings. The van der Waals surface area contributed by atoms with Gasteiger partial charge in [-0.25, -0.2) is 0 Å². The van der Waals surface area contributed by atoms with E-state index in [4.69, 9.17) is 17.3 Å². The molecule has 0 spiro atoms. The maximum absolute atomic E-state index is 6.03. The van der Waals surface area contributed by atoms with Gasteiger partial charge in [-0.2, -0.15) is 0 Å². The minimum atomic E-state index is 0.528. The van der Waals surface area contributed by atoms with Crippen LogP contribution in [0.5, 0.6) is 0 Å². The van der Waals surface area contributed by atoms with Crippen molar-refractivity contribution in [1.82, 2.24) is 4.90 Å². The fourth-order valence-corrected chi connectivity index (χ4v) is 2.21. The largest absolute Gasteiger partial charge is 0.398 e. The molecule has 2 N–H and O–H groups in total. The zero-order chi connectivity index (χ0) is 13.5. The Morgan fingerprint density at radius 2 is 2.00 bits per heavy atom. The van der Waals surface area contributed by atoms with Crippen LogP contribution in [0.15, 0.2) is 18.2 Å². The summed E-state index contributed by atoms with van der Waals surface area (Å²) < 4.78 is 0. The van der Waals surface area contributed by atoms with Crippen molar-refractivity contribution >= 4 is 17.3 Å². The van der Waals surface area contributed by atoms with E-state index >= 15 is 0 Å². The second-order valence-corrected chi connectivity index (χ2v) is 5.55. The molecule has 0 saturated heterocycles. The molecule has 0 heterocycles. The molecular formula is C15H25ClN2. The summed E-state index contributed by atoms with van der Waals surface area (Å²) in [4.78, 5) is 2.46. The smallest absolute Gasteiger partial charge is 0.0410 e. The molecule has 2 nitrogen and oxygen atoms in total. The van der Waals surface area contributed by atoms with Crippen LogP contribution in [0.2, 0.25) is 5.02 Å². The third-order valence-corrected chi connectivity index (χ3v) is 3.49. The minimum absolute atomic E-state index is 0.528. The molecule has 0 unspecified atom stereocenters. The highest BCUT2D eigenvalue weighted by Gasteiger charge is 2.11. The molecule has 0 fully saturated rings. The van der Waals surface area contributed by atoms with Gasteiger partial charge in [0.05, 0.1) is 0 Å². The van der Waals surface area contributed by atoms with Gasteiger partial charge in [0.25, 0.3) is 0 Å². The molecule has 0 bridgehead atoms. The van der Waals surface area contributed by atoms with Crippen LogP contribution in [0.1, 0.15) is 45.6 Å². The van der Waals surface area contributed by atoms with Gasteiger partial charge in [-0.3, -0.25) is 4.90 Å². The fraction of sp³-hybridized carbons (Fsp3) is 0.600. The van der Waals surface area contributed by atoms with Crippen molar-refractivity contribution in [3.63, 3.8) is 0 Å². The van der Waals surface area contributed by atoms with E-state index in [9.17, 15) is 0 Å². The first-order valence-corrected chi connectivity index (χ1v) is 7.20. The molecule has 3 heteroatoms. The Kier molecular flexibility index (Phi) is 6.51. The summed E-state index contributed by atoms with van der Waals surface area (Å²) >= 11 is 6.03. The molecule has 18 heavy (non-hydrogen) atoms. The van der Waals surface area contributed by atoms with E-state index in [2.05, 4.69) is 25.7 Å². The molecule has 0 aliphatic rings. The molecule has 1 aromatic carbocycles. The monoisotopic (exact) mass is 268 g/mol.